The minimum Gasteiger partial charge on any atom is -0.489 e. The standard InChI is InChI=1S/C28H25N3O4/c1-19-26(20(2)35-31-19)18-34-25-8-5-7-22(16-25)28(32)30-27-9-4-3-6-23(27)17-33-24-12-10-21(11-13-24)14-15-29/h3-13,16H,14,17-18H2,1-2H3,(H,30,32). The average molecular weight is 468 g/mol. The predicted octanol–water partition coefficient (Wildman–Crippen LogP) is 5.77. The molecule has 0 aliphatic rings. The first kappa shape index (κ1) is 23.6. The van der Waals surface area contributed by atoms with Crippen LogP contribution in [0.2, 0.25) is 0 Å². The maximum absolute atomic E-state index is 13.0. The quantitative estimate of drug-likeness (QED) is 0.336. The molecule has 35 heavy (non-hydrogen) atoms. The lowest BCUT2D eigenvalue weighted by atomic mass is 10.1. The number of aryl methyl sites for hydroxylation is 2. The third kappa shape index (κ3) is 6.06. The minimum absolute atomic E-state index is 0.249. The van der Waals surface area contributed by atoms with Crippen LogP contribution in [0.5, 0.6) is 11.5 Å². The lowest BCUT2D eigenvalue weighted by molar-refractivity contribution is 0.102. The third-order valence-corrected chi connectivity index (χ3v) is 5.53. The number of benzene rings is 3. The third-order valence-electron chi connectivity index (χ3n) is 5.53. The van der Waals surface area contributed by atoms with Gasteiger partial charge in [-0.15, -0.1) is 0 Å². The number of nitriles is 1. The molecule has 7 nitrogen and oxygen atoms in total. The van der Waals surface area contributed by atoms with Gasteiger partial charge in [-0.25, -0.2) is 0 Å². The molecule has 3 aromatic carbocycles. The molecule has 1 heterocycles. The van der Waals surface area contributed by atoms with E-state index in [1.54, 1.807) is 24.3 Å². The van der Waals surface area contributed by atoms with E-state index in [0.29, 0.717) is 41.5 Å². The predicted molar refractivity (Wildman–Crippen MR) is 131 cm³/mol. The van der Waals surface area contributed by atoms with E-state index in [0.717, 1.165) is 22.4 Å². The first-order valence-electron chi connectivity index (χ1n) is 11.2. The number of hydrogen-bond donors (Lipinski definition) is 1. The van der Waals surface area contributed by atoms with Crippen LogP contribution in [0.4, 0.5) is 5.69 Å². The monoisotopic (exact) mass is 467 g/mol. The number of ether oxygens (including phenoxy) is 2. The van der Waals surface area contributed by atoms with Gasteiger partial charge < -0.3 is 19.3 Å². The van der Waals surface area contributed by atoms with Crippen molar-refractivity contribution in [1.29, 1.82) is 5.26 Å². The second-order valence-corrected chi connectivity index (χ2v) is 8.00. The number of nitrogens with one attached hydrogen (secondary N) is 1. The molecule has 1 amide bonds. The van der Waals surface area contributed by atoms with Crippen molar-refractivity contribution in [3.05, 3.63) is 107 Å². The highest BCUT2D eigenvalue weighted by atomic mass is 16.5. The number of anilines is 1. The largest absolute Gasteiger partial charge is 0.489 e. The molecule has 7 heteroatoms. The number of aromatic nitrogens is 1. The van der Waals surface area contributed by atoms with Crippen molar-refractivity contribution in [3.8, 4) is 17.6 Å². The summed E-state index contributed by atoms with van der Waals surface area (Å²) in [4.78, 5) is 13.0. The Morgan fingerprint density at radius 1 is 0.971 bits per heavy atom. The fraction of sp³-hybridized carbons (Fsp3) is 0.179. The molecule has 0 atom stereocenters. The van der Waals surface area contributed by atoms with E-state index in [1.807, 2.05) is 62.4 Å². The molecule has 0 saturated carbocycles. The van der Waals surface area contributed by atoms with Crippen molar-refractivity contribution in [2.45, 2.75) is 33.5 Å². The highest BCUT2D eigenvalue weighted by molar-refractivity contribution is 6.04. The Balaban J connectivity index is 1.40. The highest BCUT2D eigenvalue weighted by Crippen LogP contribution is 2.22. The normalized spacial score (nSPS) is 10.4. The molecular weight excluding hydrogens is 442 g/mol. The van der Waals surface area contributed by atoms with E-state index in [9.17, 15) is 4.79 Å². The van der Waals surface area contributed by atoms with E-state index >= 15 is 0 Å². The van der Waals surface area contributed by atoms with Crippen LogP contribution >= 0.6 is 0 Å². The van der Waals surface area contributed by atoms with Gasteiger partial charge in [-0.2, -0.15) is 5.26 Å². The molecule has 176 valence electrons. The Morgan fingerprint density at radius 3 is 2.49 bits per heavy atom. The molecular formula is C28H25N3O4. The molecule has 4 aromatic rings. The van der Waals surface area contributed by atoms with Crippen LogP contribution in [0.1, 0.15) is 38.5 Å². The molecule has 0 spiro atoms. The average Bonchev–Trinajstić information content (AvgIpc) is 3.20. The molecule has 0 saturated heterocycles. The molecule has 0 radical (unpaired) electrons. The molecule has 0 aliphatic carbocycles. The fourth-order valence-electron chi connectivity index (χ4n) is 3.51. The van der Waals surface area contributed by atoms with Crippen LogP contribution in [0.15, 0.2) is 77.3 Å². The van der Waals surface area contributed by atoms with Gasteiger partial charge in [0, 0.05) is 16.8 Å². The van der Waals surface area contributed by atoms with E-state index in [1.165, 1.54) is 0 Å². The lowest BCUT2D eigenvalue weighted by Crippen LogP contribution is -2.14. The van der Waals surface area contributed by atoms with Crippen molar-refractivity contribution in [2.24, 2.45) is 0 Å². The highest BCUT2D eigenvalue weighted by Gasteiger charge is 2.13. The van der Waals surface area contributed by atoms with E-state index in [2.05, 4.69) is 16.5 Å². The summed E-state index contributed by atoms with van der Waals surface area (Å²) in [5, 5.41) is 15.7. The van der Waals surface area contributed by atoms with Crippen molar-refractivity contribution in [3.63, 3.8) is 0 Å². The second-order valence-electron chi connectivity index (χ2n) is 8.00. The topological polar surface area (TPSA) is 97.4 Å². The maximum atomic E-state index is 13.0. The number of amides is 1. The zero-order valence-electron chi connectivity index (χ0n) is 19.6. The molecule has 0 fully saturated rings. The Labute approximate surface area is 203 Å². The second kappa shape index (κ2) is 11.0. The van der Waals surface area contributed by atoms with Crippen molar-refractivity contribution < 1.29 is 18.8 Å². The van der Waals surface area contributed by atoms with Gasteiger partial charge >= 0.3 is 0 Å². The van der Waals surface area contributed by atoms with Crippen LogP contribution in [0.3, 0.4) is 0 Å². The summed E-state index contributed by atoms with van der Waals surface area (Å²) in [6, 6.07) is 24.1. The smallest absolute Gasteiger partial charge is 0.255 e. The summed E-state index contributed by atoms with van der Waals surface area (Å²) >= 11 is 0. The Morgan fingerprint density at radius 2 is 1.74 bits per heavy atom. The molecule has 1 N–H and O–H groups in total. The fourth-order valence-corrected chi connectivity index (χ4v) is 3.51. The summed E-state index contributed by atoms with van der Waals surface area (Å²) in [7, 11) is 0. The summed E-state index contributed by atoms with van der Waals surface area (Å²) in [5.74, 6) is 1.74. The Hall–Kier alpha value is -4.57. The summed E-state index contributed by atoms with van der Waals surface area (Å²) in [6.07, 6.45) is 0.362. The lowest BCUT2D eigenvalue weighted by Gasteiger charge is -2.13. The zero-order chi connectivity index (χ0) is 24.6. The molecule has 0 bridgehead atoms. The maximum Gasteiger partial charge on any atom is 0.255 e. The van der Waals surface area contributed by atoms with Crippen LogP contribution in [0.25, 0.3) is 0 Å². The van der Waals surface area contributed by atoms with Crippen molar-refractivity contribution in [2.75, 3.05) is 5.32 Å². The van der Waals surface area contributed by atoms with Crippen molar-refractivity contribution >= 4 is 11.6 Å². The molecule has 0 aliphatic heterocycles. The number of nitrogens with zero attached hydrogens (tertiary/aromatic N) is 2. The molecule has 4 rings (SSSR count). The first-order valence-corrected chi connectivity index (χ1v) is 11.2. The van der Waals surface area contributed by atoms with Crippen LogP contribution in [0, 0.1) is 25.2 Å². The molecule has 1 aromatic heterocycles. The number of hydrogen-bond acceptors (Lipinski definition) is 6. The van der Waals surface area contributed by atoms with Gasteiger partial charge in [0.05, 0.1) is 23.7 Å². The van der Waals surface area contributed by atoms with Gasteiger partial charge in [0.1, 0.15) is 30.5 Å². The number of carbonyl (C=O) groups excluding carboxylic acids is 1. The minimum atomic E-state index is -0.249. The van der Waals surface area contributed by atoms with E-state index in [4.69, 9.17) is 19.3 Å². The van der Waals surface area contributed by atoms with Gasteiger partial charge in [-0.1, -0.05) is 41.6 Å². The number of para-hydroxylation sites is 1. The summed E-state index contributed by atoms with van der Waals surface area (Å²) < 4.78 is 16.9. The molecule has 0 unspecified atom stereocenters. The SMILES string of the molecule is Cc1noc(C)c1COc1cccc(C(=O)Nc2ccccc2COc2ccc(CC#N)cc2)c1. The van der Waals surface area contributed by atoms with Gasteiger partial charge in [0.15, 0.2) is 0 Å². The van der Waals surface area contributed by atoms with Gasteiger partial charge in [-0.3, -0.25) is 4.79 Å². The van der Waals surface area contributed by atoms with Gasteiger partial charge in [0.2, 0.25) is 0 Å². The number of carbonyl (C=O) groups is 1. The number of rotatable bonds is 9. The van der Waals surface area contributed by atoms with Crippen LogP contribution in [-0.2, 0) is 19.6 Å². The van der Waals surface area contributed by atoms with Crippen molar-refractivity contribution in [1.82, 2.24) is 5.16 Å². The van der Waals surface area contributed by atoms with Gasteiger partial charge in [0.25, 0.3) is 5.91 Å². The van der Waals surface area contributed by atoms with Crippen LogP contribution in [-0.4, -0.2) is 11.1 Å². The Kier molecular flexibility index (Phi) is 7.44. The van der Waals surface area contributed by atoms with E-state index in [-0.39, 0.29) is 12.5 Å². The van der Waals surface area contributed by atoms with Crippen LogP contribution < -0.4 is 14.8 Å². The zero-order valence-corrected chi connectivity index (χ0v) is 19.6. The first-order chi connectivity index (χ1) is 17.0. The Bertz CT molecular complexity index is 1330. The van der Waals surface area contributed by atoms with Gasteiger partial charge in [-0.05, 0) is 55.8 Å². The van der Waals surface area contributed by atoms with E-state index < -0.39 is 0 Å². The summed E-state index contributed by atoms with van der Waals surface area (Å²) in [5.41, 5.74) is 4.60. The summed E-state index contributed by atoms with van der Waals surface area (Å²) in [6.45, 7) is 4.30.